The van der Waals surface area contributed by atoms with Gasteiger partial charge in [-0.25, -0.2) is 0 Å². The highest BCUT2D eigenvalue weighted by Gasteiger charge is 2.90. The van der Waals surface area contributed by atoms with E-state index in [9.17, 15) is 57.1 Å². The van der Waals surface area contributed by atoms with Gasteiger partial charge in [-0.15, -0.1) is 0 Å². The topological polar surface area (TPSA) is 18.5 Å². The first-order valence-electron chi connectivity index (χ1n) is 8.43. The number of ether oxygens (including phenoxy) is 2. The SMILES string of the molecule is CCOc1ccccc1C(CC(F)(F)C(F)(F)C(F)(F)C(F)(F)C(F)(F)C(F)(F)F)OC. The molecule has 0 radical (unpaired) electrons. The summed E-state index contributed by atoms with van der Waals surface area (Å²) < 4.78 is 182. The fraction of sp³-hybridized carbons (Fsp3) is 0.647. The first-order valence-corrected chi connectivity index (χ1v) is 8.43. The second-order valence-electron chi connectivity index (χ2n) is 6.40. The molecule has 32 heavy (non-hydrogen) atoms. The zero-order valence-electron chi connectivity index (χ0n) is 16.0. The van der Waals surface area contributed by atoms with Crippen molar-refractivity contribution in [1.82, 2.24) is 0 Å². The Hall–Kier alpha value is -1.93. The van der Waals surface area contributed by atoms with E-state index in [2.05, 4.69) is 4.74 Å². The van der Waals surface area contributed by atoms with Crippen LogP contribution in [0.5, 0.6) is 5.75 Å². The molecule has 0 spiro atoms. The molecule has 2 nitrogen and oxygen atoms in total. The zero-order chi connectivity index (χ0) is 25.4. The van der Waals surface area contributed by atoms with Gasteiger partial charge in [0.2, 0.25) is 0 Å². The van der Waals surface area contributed by atoms with Gasteiger partial charge in [0.1, 0.15) is 5.75 Å². The van der Waals surface area contributed by atoms with Crippen LogP contribution >= 0.6 is 0 Å². The van der Waals surface area contributed by atoms with Crippen molar-refractivity contribution in [2.45, 2.75) is 55.2 Å². The van der Waals surface area contributed by atoms with Crippen LogP contribution < -0.4 is 4.74 Å². The van der Waals surface area contributed by atoms with Crippen LogP contribution in [0.3, 0.4) is 0 Å². The monoisotopic (exact) mass is 498 g/mol. The largest absolute Gasteiger partial charge is 0.493 e. The molecule has 0 aromatic heterocycles. The number of para-hydroxylation sites is 1. The molecule has 1 aromatic rings. The number of hydrogen-bond donors (Lipinski definition) is 0. The average molecular weight is 498 g/mol. The van der Waals surface area contributed by atoms with Gasteiger partial charge in [-0.2, -0.15) is 57.1 Å². The van der Waals surface area contributed by atoms with Gasteiger partial charge in [0.15, 0.2) is 0 Å². The van der Waals surface area contributed by atoms with E-state index in [1.165, 1.54) is 13.0 Å². The molecular formula is C17H15F13O2. The van der Waals surface area contributed by atoms with E-state index in [1.54, 1.807) is 0 Å². The standard InChI is InChI=1S/C17H15F13O2/c1-3-32-10-7-5-4-6-9(10)11(31-2)8-12(18,19)13(20,21)14(22,23)15(24,25)16(26,27)17(28,29)30/h4-7,11H,3,8H2,1-2H3. The normalized spacial score (nSPS) is 15.6. The fourth-order valence-electron chi connectivity index (χ4n) is 2.52. The van der Waals surface area contributed by atoms with Crippen LogP contribution in [0.25, 0.3) is 0 Å². The van der Waals surface area contributed by atoms with Gasteiger partial charge in [0.25, 0.3) is 0 Å². The molecule has 0 N–H and O–H groups in total. The molecule has 1 unspecified atom stereocenters. The van der Waals surface area contributed by atoms with Crippen LogP contribution in [0.15, 0.2) is 24.3 Å². The van der Waals surface area contributed by atoms with E-state index in [1.807, 2.05) is 0 Å². The molecule has 186 valence electrons. The molecule has 1 rings (SSSR count). The molecule has 15 heteroatoms. The summed E-state index contributed by atoms with van der Waals surface area (Å²) in [5, 5.41) is 0. The molecule has 0 aliphatic heterocycles. The van der Waals surface area contributed by atoms with Crippen molar-refractivity contribution in [1.29, 1.82) is 0 Å². The Morgan fingerprint density at radius 3 is 1.62 bits per heavy atom. The van der Waals surface area contributed by atoms with Crippen molar-refractivity contribution >= 4 is 0 Å². The van der Waals surface area contributed by atoms with Gasteiger partial charge in [-0.05, 0) is 13.0 Å². The van der Waals surface area contributed by atoms with Crippen LogP contribution in [0.4, 0.5) is 57.1 Å². The summed E-state index contributed by atoms with van der Waals surface area (Å²) in [5.41, 5.74) is -0.428. The first kappa shape index (κ1) is 28.1. The van der Waals surface area contributed by atoms with Crippen molar-refractivity contribution < 1.29 is 66.5 Å². The molecule has 0 amide bonds. The molecule has 0 fully saturated rings. The lowest BCUT2D eigenvalue weighted by molar-refractivity contribution is -0.440. The summed E-state index contributed by atoms with van der Waals surface area (Å²) in [7, 11) is 0.645. The minimum Gasteiger partial charge on any atom is -0.493 e. The first-order chi connectivity index (χ1) is 14.2. The van der Waals surface area contributed by atoms with Crippen molar-refractivity contribution in [3.05, 3.63) is 29.8 Å². The molecule has 0 heterocycles. The van der Waals surface area contributed by atoms with Crippen molar-refractivity contribution in [2.24, 2.45) is 0 Å². The van der Waals surface area contributed by atoms with Crippen LogP contribution in [0.1, 0.15) is 25.0 Å². The Labute approximate surface area is 172 Å². The zero-order valence-corrected chi connectivity index (χ0v) is 16.0. The van der Waals surface area contributed by atoms with Crippen LogP contribution in [-0.4, -0.2) is 49.5 Å². The van der Waals surface area contributed by atoms with Gasteiger partial charge in [-0.1, -0.05) is 18.2 Å². The van der Waals surface area contributed by atoms with Gasteiger partial charge in [0, 0.05) is 19.1 Å². The Morgan fingerprint density at radius 2 is 1.19 bits per heavy atom. The molecule has 0 aliphatic rings. The number of rotatable bonds is 10. The molecule has 0 aliphatic carbocycles. The lowest BCUT2D eigenvalue weighted by atomic mass is 9.90. The maximum absolute atomic E-state index is 14.1. The minimum absolute atomic E-state index is 0.0865. The summed E-state index contributed by atoms with van der Waals surface area (Å²) in [6.07, 6.45) is -12.2. The quantitative estimate of drug-likeness (QED) is 0.327. The third kappa shape index (κ3) is 4.44. The molecule has 0 bridgehead atoms. The van der Waals surface area contributed by atoms with E-state index in [0.29, 0.717) is 7.11 Å². The second-order valence-corrected chi connectivity index (χ2v) is 6.40. The smallest absolute Gasteiger partial charge is 0.460 e. The summed E-state index contributed by atoms with van der Waals surface area (Å²) in [4.78, 5) is 0. The van der Waals surface area contributed by atoms with Gasteiger partial charge >= 0.3 is 35.8 Å². The maximum atomic E-state index is 14.1. The Bertz CT molecular complexity index is 774. The third-order valence-electron chi connectivity index (χ3n) is 4.29. The van der Waals surface area contributed by atoms with Crippen LogP contribution in [0, 0.1) is 0 Å². The molecule has 1 aromatic carbocycles. The third-order valence-corrected chi connectivity index (χ3v) is 4.29. The number of benzene rings is 1. The van der Waals surface area contributed by atoms with Gasteiger partial charge < -0.3 is 9.47 Å². The predicted molar refractivity (Wildman–Crippen MR) is 82.8 cm³/mol. The van der Waals surface area contributed by atoms with Crippen molar-refractivity contribution in [3.63, 3.8) is 0 Å². The number of halogens is 13. The van der Waals surface area contributed by atoms with Gasteiger partial charge in [-0.3, -0.25) is 0 Å². The van der Waals surface area contributed by atoms with E-state index < -0.39 is 53.9 Å². The van der Waals surface area contributed by atoms with E-state index in [-0.39, 0.29) is 12.4 Å². The molecular weight excluding hydrogens is 483 g/mol. The maximum Gasteiger partial charge on any atom is 0.460 e. The summed E-state index contributed by atoms with van der Waals surface area (Å²) >= 11 is 0. The highest BCUT2D eigenvalue weighted by atomic mass is 19.4. The van der Waals surface area contributed by atoms with Crippen molar-refractivity contribution in [3.8, 4) is 5.75 Å². The molecule has 0 saturated carbocycles. The highest BCUT2D eigenvalue weighted by molar-refractivity contribution is 5.35. The molecule has 0 saturated heterocycles. The lowest BCUT2D eigenvalue weighted by Gasteiger charge is -2.40. The van der Waals surface area contributed by atoms with E-state index in [0.717, 1.165) is 18.2 Å². The summed E-state index contributed by atoms with van der Waals surface area (Å²) in [5.74, 6) is -37.4. The fourth-order valence-corrected chi connectivity index (χ4v) is 2.52. The summed E-state index contributed by atoms with van der Waals surface area (Å²) in [6, 6.07) is 4.56. The molecule has 1 atom stereocenters. The van der Waals surface area contributed by atoms with Crippen LogP contribution in [-0.2, 0) is 4.74 Å². The average Bonchev–Trinajstić information content (AvgIpc) is 2.65. The Balaban J connectivity index is 3.45. The Morgan fingerprint density at radius 1 is 0.719 bits per heavy atom. The highest BCUT2D eigenvalue weighted by Crippen LogP contribution is 2.61. The van der Waals surface area contributed by atoms with Crippen LogP contribution in [0.2, 0.25) is 0 Å². The lowest BCUT2D eigenvalue weighted by Crippen LogP contribution is -2.70. The van der Waals surface area contributed by atoms with Gasteiger partial charge in [0.05, 0.1) is 12.7 Å². The number of alkyl halides is 13. The van der Waals surface area contributed by atoms with E-state index >= 15 is 0 Å². The number of hydrogen-bond acceptors (Lipinski definition) is 2. The summed E-state index contributed by atoms with van der Waals surface area (Å²) in [6.45, 7) is 1.33. The second kappa shape index (κ2) is 8.78. The van der Waals surface area contributed by atoms with Crippen molar-refractivity contribution in [2.75, 3.05) is 13.7 Å². The minimum atomic E-state index is -7.93. The van der Waals surface area contributed by atoms with E-state index in [4.69, 9.17) is 4.74 Å². The Kier molecular flexibility index (Phi) is 7.71. The predicted octanol–water partition coefficient (Wildman–Crippen LogP) is 6.90. The number of methoxy groups -OCH3 is 1.